The van der Waals surface area contributed by atoms with Crippen molar-refractivity contribution in [2.45, 2.75) is 65.8 Å². The monoisotopic (exact) mass is 265 g/mol. The molecule has 1 amide bonds. The Labute approximate surface area is 116 Å². The Morgan fingerprint density at radius 1 is 1.16 bits per heavy atom. The summed E-state index contributed by atoms with van der Waals surface area (Å²) >= 11 is 0. The van der Waals surface area contributed by atoms with Gasteiger partial charge in [-0.05, 0) is 30.6 Å². The minimum absolute atomic E-state index is 0.0546. The molecule has 0 saturated heterocycles. The van der Waals surface area contributed by atoms with Crippen LogP contribution in [0.3, 0.4) is 0 Å². The molecular formula is C16H27NO2. The van der Waals surface area contributed by atoms with Crippen LogP contribution in [-0.2, 0) is 9.59 Å². The summed E-state index contributed by atoms with van der Waals surface area (Å²) in [6.45, 7) is 7.57. The first-order chi connectivity index (χ1) is 8.80. The highest BCUT2D eigenvalue weighted by Crippen LogP contribution is 2.50. The van der Waals surface area contributed by atoms with Crippen LogP contribution < -0.4 is 5.32 Å². The molecule has 0 radical (unpaired) electrons. The number of carbonyl (C=O) groups excluding carboxylic acids is 2. The predicted molar refractivity (Wildman–Crippen MR) is 75.6 cm³/mol. The summed E-state index contributed by atoms with van der Waals surface area (Å²) in [6.07, 6.45) is 6.28. The van der Waals surface area contributed by atoms with E-state index in [4.69, 9.17) is 0 Å². The fraction of sp³-hybridized carbons (Fsp3) is 0.875. The number of nitrogens with one attached hydrogen (secondary N) is 1. The molecule has 2 unspecified atom stereocenters. The summed E-state index contributed by atoms with van der Waals surface area (Å²) < 4.78 is 0. The smallest absolute Gasteiger partial charge is 0.224 e. The van der Waals surface area contributed by atoms with Crippen molar-refractivity contribution in [2.24, 2.45) is 23.2 Å². The molecule has 19 heavy (non-hydrogen) atoms. The standard InChI is InChI=1S/C16H27NO2/c1-10(18)14(16(2,3)4)17-15(19)13-9-12(13)11-7-5-6-8-11/h11-14H,5-9H2,1-4H3,(H,17,19)/t12?,13-,14?/m1/s1. The summed E-state index contributed by atoms with van der Waals surface area (Å²) in [5, 5.41) is 2.98. The van der Waals surface area contributed by atoms with Gasteiger partial charge in [-0.3, -0.25) is 9.59 Å². The summed E-state index contributed by atoms with van der Waals surface area (Å²) in [7, 11) is 0. The van der Waals surface area contributed by atoms with E-state index in [1.54, 1.807) is 6.92 Å². The molecule has 0 heterocycles. The van der Waals surface area contributed by atoms with Gasteiger partial charge in [-0.15, -0.1) is 0 Å². The zero-order valence-electron chi connectivity index (χ0n) is 12.7. The fourth-order valence-corrected chi connectivity index (χ4v) is 3.60. The summed E-state index contributed by atoms with van der Waals surface area (Å²) in [5.74, 6) is 1.69. The lowest BCUT2D eigenvalue weighted by atomic mass is 9.84. The van der Waals surface area contributed by atoms with Crippen LogP contribution in [0.5, 0.6) is 0 Å². The fourth-order valence-electron chi connectivity index (χ4n) is 3.60. The van der Waals surface area contributed by atoms with Gasteiger partial charge >= 0.3 is 0 Å². The SMILES string of the molecule is CC(=O)C(NC(=O)[C@@H]1CC1C1CCCC1)C(C)(C)C. The van der Waals surface area contributed by atoms with Crippen molar-refractivity contribution in [2.75, 3.05) is 0 Å². The third-order valence-electron chi connectivity index (χ3n) is 4.74. The van der Waals surface area contributed by atoms with E-state index < -0.39 is 0 Å². The van der Waals surface area contributed by atoms with Gasteiger partial charge in [0.1, 0.15) is 0 Å². The van der Waals surface area contributed by atoms with Gasteiger partial charge in [0.15, 0.2) is 5.78 Å². The third kappa shape index (κ3) is 3.37. The van der Waals surface area contributed by atoms with Crippen molar-refractivity contribution in [1.29, 1.82) is 0 Å². The van der Waals surface area contributed by atoms with Crippen molar-refractivity contribution in [3.8, 4) is 0 Å². The maximum absolute atomic E-state index is 12.3. The van der Waals surface area contributed by atoms with E-state index in [2.05, 4.69) is 5.32 Å². The van der Waals surface area contributed by atoms with E-state index in [-0.39, 0.29) is 29.1 Å². The van der Waals surface area contributed by atoms with Crippen LogP contribution in [0, 0.1) is 23.2 Å². The quantitative estimate of drug-likeness (QED) is 0.849. The van der Waals surface area contributed by atoms with Gasteiger partial charge in [-0.2, -0.15) is 0 Å². The largest absolute Gasteiger partial charge is 0.346 e. The molecule has 0 aromatic heterocycles. The van der Waals surface area contributed by atoms with Crippen LogP contribution >= 0.6 is 0 Å². The zero-order valence-corrected chi connectivity index (χ0v) is 12.7. The first-order valence-electron chi connectivity index (χ1n) is 7.61. The van der Waals surface area contributed by atoms with Crippen LogP contribution in [0.1, 0.15) is 59.8 Å². The predicted octanol–water partition coefficient (Wildman–Crippen LogP) is 2.93. The maximum Gasteiger partial charge on any atom is 0.224 e. The molecule has 108 valence electrons. The van der Waals surface area contributed by atoms with Crippen LogP contribution in [0.25, 0.3) is 0 Å². The topological polar surface area (TPSA) is 46.2 Å². The Hall–Kier alpha value is -0.860. The second kappa shape index (κ2) is 5.26. The van der Waals surface area contributed by atoms with Gasteiger partial charge in [0.2, 0.25) is 5.91 Å². The van der Waals surface area contributed by atoms with Crippen LogP contribution in [0.2, 0.25) is 0 Å². The van der Waals surface area contributed by atoms with E-state index >= 15 is 0 Å². The van der Waals surface area contributed by atoms with Crippen molar-refractivity contribution < 1.29 is 9.59 Å². The molecule has 3 nitrogen and oxygen atoms in total. The van der Waals surface area contributed by atoms with Gasteiger partial charge in [0.25, 0.3) is 0 Å². The highest BCUT2D eigenvalue weighted by atomic mass is 16.2. The minimum Gasteiger partial charge on any atom is -0.346 e. The Balaban J connectivity index is 1.89. The average Bonchev–Trinajstić information content (AvgIpc) is 2.90. The van der Waals surface area contributed by atoms with Gasteiger partial charge in [0.05, 0.1) is 6.04 Å². The molecule has 2 saturated carbocycles. The molecule has 3 atom stereocenters. The number of hydrogen-bond acceptors (Lipinski definition) is 2. The molecule has 0 spiro atoms. The molecule has 3 heteroatoms. The van der Waals surface area contributed by atoms with Gasteiger partial charge < -0.3 is 5.32 Å². The molecule has 1 N–H and O–H groups in total. The molecule has 0 aliphatic heterocycles. The number of carbonyl (C=O) groups is 2. The number of amides is 1. The Bertz CT molecular complexity index is 363. The third-order valence-corrected chi connectivity index (χ3v) is 4.74. The summed E-state index contributed by atoms with van der Waals surface area (Å²) in [4.78, 5) is 24.0. The molecule has 2 fully saturated rings. The van der Waals surface area contributed by atoms with E-state index in [1.807, 2.05) is 20.8 Å². The molecule has 0 aromatic carbocycles. The number of Topliss-reactive ketones (excluding diaryl/α,β-unsaturated/α-hetero) is 1. The summed E-state index contributed by atoms with van der Waals surface area (Å²) in [6, 6.07) is -0.357. The van der Waals surface area contributed by atoms with E-state index in [9.17, 15) is 9.59 Å². The Morgan fingerprint density at radius 3 is 2.21 bits per heavy atom. The van der Waals surface area contributed by atoms with Crippen LogP contribution in [0.15, 0.2) is 0 Å². The Morgan fingerprint density at radius 2 is 1.74 bits per heavy atom. The second-order valence-electron chi connectivity index (χ2n) is 7.47. The van der Waals surface area contributed by atoms with Crippen molar-refractivity contribution >= 4 is 11.7 Å². The van der Waals surface area contributed by atoms with E-state index in [1.165, 1.54) is 25.7 Å². The van der Waals surface area contributed by atoms with Crippen LogP contribution in [-0.4, -0.2) is 17.7 Å². The first kappa shape index (κ1) is 14.5. The number of ketones is 1. The summed E-state index contributed by atoms with van der Waals surface area (Å²) in [5.41, 5.74) is -0.209. The van der Waals surface area contributed by atoms with E-state index in [0.29, 0.717) is 5.92 Å². The minimum atomic E-state index is -0.357. The Kier molecular flexibility index (Phi) is 4.03. The first-order valence-corrected chi connectivity index (χ1v) is 7.61. The van der Waals surface area contributed by atoms with Gasteiger partial charge in [-0.1, -0.05) is 46.5 Å². The average molecular weight is 265 g/mol. The molecule has 2 aliphatic rings. The van der Waals surface area contributed by atoms with Crippen molar-refractivity contribution in [1.82, 2.24) is 5.32 Å². The van der Waals surface area contributed by atoms with Crippen molar-refractivity contribution in [3.05, 3.63) is 0 Å². The van der Waals surface area contributed by atoms with Gasteiger partial charge in [0, 0.05) is 5.92 Å². The number of hydrogen-bond donors (Lipinski definition) is 1. The highest BCUT2D eigenvalue weighted by Gasteiger charge is 2.48. The number of rotatable bonds is 4. The highest BCUT2D eigenvalue weighted by molar-refractivity contribution is 5.90. The lowest BCUT2D eigenvalue weighted by Crippen LogP contribution is -2.49. The molecule has 0 bridgehead atoms. The molecule has 2 aliphatic carbocycles. The maximum atomic E-state index is 12.3. The molecule has 0 aromatic rings. The van der Waals surface area contributed by atoms with Crippen molar-refractivity contribution in [3.63, 3.8) is 0 Å². The molecular weight excluding hydrogens is 238 g/mol. The second-order valence-corrected chi connectivity index (χ2v) is 7.47. The normalized spacial score (nSPS) is 29.1. The zero-order chi connectivity index (χ0) is 14.2. The lowest BCUT2D eigenvalue weighted by Gasteiger charge is -2.29. The van der Waals surface area contributed by atoms with Gasteiger partial charge in [-0.25, -0.2) is 0 Å². The van der Waals surface area contributed by atoms with E-state index in [0.717, 1.165) is 12.3 Å². The molecule has 2 rings (SSSR count). The lowest BCUT2D eigenvalue weighted by molar-refractivity contribution is -0.130. The van der Waals surface area contributed by atoms with Crippen LogP contribution in [0.4, 0.5) is 0 Å².